The molecule has 2 N–H and O–H groups in total. The van der Waals surface area contributed by atoms with Gasteiger partial charge in [0.25, 0.3) is 0 Å². The molecule has 0 fully saturated rings. The molecule has 4 aromatic rings. The molecule has 4 rings (SSSR count). The standard InChI is InChI=1S/C19H14BrN3OS/c1-11-16(12-6-8-13(20)9-7-12)17-18(21-10-22-19(17)25-11)23-14-4-2-3-5-15(14)24/h2-10,24H,1H3,(H,21,22,23). The van der Waals surface area contributed by atoms with Crippen LogP contribution in [0.1, 0.15) is 4.88 Å². The van der Waals surface area contributed by atoms with E-state index in [0.717, 1.165) is 25.8 Å². The van der Waals surface area contributed by atoms with Crippen LogP contribution in [-0.4, -0.2) is 15.1 Å². The summed E-state index contributed by atoms with van der Waals surface area (Å²) in [6, 6.07) is 15.3. The Kier molecular flexibility index (Phi) is 4.15. The molecular weight excluding hydrogens is 398 g/mol. The lowest BCUT2D eigenvalue weighted by Gasteiger charge is -2.10. The molecule has 0 aliphatic rings. The molecule has 2 aromatic heterocycles. The number of benzene rings is 2. The normalized spacial score (nSPS) is 11.0. The number of aryl methyl sites for hydroxylation is 1. The molecule has 25 heavy (non-hydrogen) atoms. The van der Waals surface area contributed by atoms with Crippen molar-refractivity contribution in [2.75, 3.05) is 5.32 Å². The first-order valence-electron chi connectivity index (χ1n) is 7.68. The molecule has 0 spiro atoms. The highest BCUT2D eigenvalue weighted by Gasteiger charge is 2.17. The second kappa shape index (κ2) is 6.46. The zero-order chi connectivity index (χ0) is 17.4. The van der Waals surface area contributed by atoms with Crippen LogP contribution in [-0.2, 0) is 0 Å². The molecule has 0 atom stereocenters. The van der Waals surface area contributed by atoms with Gasteiger partial charge < -0.3 is 10.4 Å². The summed E-state index contributed by atoms with van der Waals surface area (Å²) in [6.07, 6.45) is 1.55. The number of para-hydroxylation sites is 2. The molecule has 0 unspecified atom stereocenters. The lowest BCUT2D eigenvalue weighted by atomic mass is 10.0. The number of hydrogen-bond acceptors (Lipinski definition) is 5. The number of aromatic nitrogens is 2. The number of fused-ring (bicyclic) bond motifs is 1. The van der Waals surface area contributed by atoms with E-state index in [1.165, 1.54) is 4.88 Å². The molecule has 4 nitrogen and oxygen atoms in total. The number of aromatic hydroxyl groups is 1. The lowest BCUT2D eigenvalue weighted by Crippen LogP contribution is -1.96. The van der Waals surface area contributed by atoms with Crippen LogP contribution >= 0.6 is 27.3 Å². The molecule has 0 saturated carbocycles. The Bertz CT molecular complexity index is 1060. The monoisotopic (exact) mass is 411 g/mol. The highest BCUT2D eigenvalue weighted by Crippen LogP contribution is 2.41. The van der Waals surface area contributed by atoms with Gasteiger partial charge in [-0.15, -0.1) is 11.3 Å². The SMILES string of the molecule is Cc1sc2ncnc(Nc3ccccc3O)c2c1-c1ccc(Br)cc1. The molecule has 0 aliphatic heterocycles. The number of nitrogens with one attached hydrogen (secondary N) is 1. The highest BCUT2D eigenvalue weighted by atomic mass is 79.9. The molecule has 0 saturated heterocycles. The summed E-state index contributed by atoms with van der Waals surface area (Å²) in [4.78, 5) is 10.9. The quantitative estimate of drug-likeness (QED) is 0.413. The number of thiophene rings is 1. The number of rotatable bonds is 3. The zero-order valence-corrected chi connectivity index (χ0v) is 15.7. The van der Waals surface area contributed by atoms with Gasteiger partial charge in [-0.3, -0.25) is 0 Å². The number of phenols is 1. The van der Waals surface area contributed by atoms with Gasteiger partial charge in [0.05, 0.1) is 11.1 Å². The van der Waals surface area contributed by atoms with Crippen LogP contribution in [0.4, 0.5) is 11.5 Å². The summed E-state index contributed by atoms with van der Waals surface area (Å²) in [6.45, 7) is 2.09. The van der Waals surface area contributed by atoms with Crippen LogP contribution in [0.15, 0.2) is 59.3 Å². The summed E-state index contributed by atoms with van der Waals surface area (Å²) in [5.74, 6) is 0.875. The highest BCUT2D eigenvalue weighted by molar-refractivity contribution is 9.10. The predicted octanol–water partition coefficient (Wildman–Crippen LogP) is 5.88. The molecule has 2 aromatic carbocycles. The van der Waals surface area contributed by atoms with E-state index in [4.69, 9.17) is 0 Å². The van der Waals surface area contributed by atoms with E-state index in [-0.39, 0.29) is 5.75 Å². The minimum absolute atomic E-state index is 0.186. The van der Waals surface area contributed by atoms with Crippen LogP contribution in [0.3, 0.4) is 0 Å². The Hall–Kier alpha value is -2.44. The fourth-order valence-electron chi connectivity index (χ4n) is 2.81. The minimum Gasteiger partial charge on any atom is -0.506 e. The number of halogens is 1. The maximum Gasteiger partial charge on any atom is 0.143 e. The van der Waals surface area contributed by atoms with Gasteiger partial charge in [-0.1, -0.05) is 40.2 Å². The Morgan fingerprint density at radius 2 is 1.80 bits per heavy atom. The van der Waals surface area contributed by atoms with Crippen molar-refractivity contribution in [3.8, 4) is 16.9 Å². The van der Waals surface area contributed by atoms with Crippen molar-refractivity contribution in [1.29, 1.82) is 0 Å². The van der Waals surface area contributed by atoms with Gasteiger partial charge in [0, 0.05) is 14.9 Å². The average molecular weight is 412 g/mol. The fraction of sp³-hybridized carbons (Fsp3) is 0.0526. The summed E-state index contributed by atoms with van der Waals surface area (Å²) < 4.78 is 1.04. The topological polar surface area (TPSA) is 58.0 Å². The second-order valence-electron chi connectivity index (χ2n) is 5.58. The van der Waals surface area contributed by atoms with E-state index in [1.54, 1.807) is 29.8 Å². The number of phenolic OH excluding ortho intramolecular Hbond substituents is 1. The van der Waals surface area contributed by atoms with Gasteiger partial charge in [-0.2, -0.15) is 0 Å². The van der Waals surface area contributed by atoms with E-state index in [9.17, 15) is 5.11 Å². The largest absolute Gasteiger partial charge is 0.506 e. The third-order valence-electron chi connectivity index (χ3n) is 3.95. The van der Waals surface area contributed by atoms with Gasteiger partial charge in [-0.05, 0) is 36.8 Å². The maximum absolute atomic E-state index is 10.1. The minimum atomic E-state index is 0.186. The van der Waals surface area contributed by atoms with Crippen LogP contribution < -0.4 is 5.32 Å². The predicted molar refractivity (Wildman–Crippen MR) is 107 cm³/mol. The van der Waals surface area contributed by atoms with Gasteiger partial charge in [0.2, 0.25) is 0 Å². The molecule has 124 valence electrons. The van der Waals surface area contributed by atoms with Crippen molar-refractivity contribution in [1.82, 2.24) is 9.97 Å². The molecule has 6 heteroatoms. The zero-order valence-electron chi connectivity index (χ0n) is 13.3. The van der Waals surface area contributed by atoms with E-state index in [1.807, 2.05) is 24.3 Å². The van der Waals surface area contributed by atoms with Crippen molar-refractivity contribution in [3.05, 3.63) is 64.2 Å². The van der Waals surface area contributed by atoms with Crippen molar-refractivity contribution >= 4 is 49.0 Å². The van der Waals surface area contributed by atoms with E-state index in [0.29, 0.717) is 11.5 Å². The van der Waals surface area contributed by atoms with Crippen molar-refractivity contribution in [2.24, 2.45) is 0 Å². The summed E-state index contributed by atoms with van der Waals surface area (Å²) in [7, 11) is 0. The second-order valence-corrected chi connectivity index (χ2v) is 7.70. The van der Waals surface area contributed by atoms with Crippen molar-refractivity contribution in [3.63, 3.8) is 0 Å². The third-order valence-corrected chi connectivity index (χ3v) is 5.50. The Balaban J connectivity index is 1.91. The first-order valence-corrected chi connectivity index (χ1v) is 9.29. The van der Waals surface area contributed by atoms with Gasteiger partial charge in [-0.25, -0.2) is 9.97 Å². The molecule has 0 radical (unpaired) electrons. The van der Waals surface area contributed by atoms with E-state index in [2.05, 4.69) is 50.3 Å². The summed E-state index contributed by atoms with van der Waals surface area (Å²) in [5, 5.41) is 14.3. The van der Waals surface area contributed by atoms with Gasteiger partial charge in [0.15, 0.2) is 0 Å². The van der Waals surface area contributed by atoms with Crippen LogP contribution in [0.2, 0.25) is 0 Å². The number of anilines is 2. The van der Waals surface area contributed by atoms with Crippen LogP contribution in [0.25, 0.3) is 21.3 Å². The third kappa shape index (κ3) is 2.99. The number of nitrogens with zero attached hydrogens (tertiary/aromatic N) is 2. The molecule has 0 aliphatic carbocycles. The van der Waals surface area contributed by atoms with Crippen molar-refractivity contribution < 1.29 is 5.11 Å². The fourth-order valence-corrected chi connectivity index (χ4v) is 4.09. The number of hydrogen-bond donors (Lipinski definition) is 2. The molecular formula is C19H14BrN3OS. The first-order chi connectivity index (χ1) is 12.1. The Morgan fingerprint density at radius 1 is 1.04 bits per heavy atom. The van der Waals surface area contributed by atoms with E-state index < -0.39 is 0 Å². The first kappa shape index (κ1) is 16.1. The molecule has 2 heterocycles. The molecule has 0 bridgehead atoms. The molecule has 0 amide bonds. The summed E-state index contributed by atoms with van der Waals surface area (Å²) in [5.41, 5.74) is 2.85. The lowest BCUT2D eigenvalue weighted by molar-refractivity contribution is 0.478. The average Bonchev–Trinajstić information content (AvgIpc) is 2.95. The Morgan fingerprint density at radius 3 is 2.56 bits per heavy atom. The van der Waals surface area contributed by atoms with Crippen LogP contribution in [0.5, 0.6) is 5.75 Å². The van der Waals surface area contributed by atoms with Crippen LogP contribution in [0, 0.1) is 6.92 Å². The maximum atomic E-state index is 10.1. The Labute approximate surface area is 157 Å². The van der Waals surface area contributed by atoms with E-state index >= 15 is 0 Å². The van der Waals surface area contributed by atoms with Gasteiger partial charge >= 0.3 is 0 Å². The van der Waals surface area contributed by atoms with Gasteiger partial charge in [0.1, 0.15) is 22.7 Å². The van der Waals surface area contributed by atoms with Crippen molar-refractivity contribution in [2.45, 2.75) is 6.92 Å². The smallest absolute Gasteiger partial charge is 0.143 e. The summed E-state index contributed by atoms with van der Waals surface area (Å²) >= 11 is 5.12.